The van der Waals surface area contributed by atoms with E-state index in [9.17, 15) is 9.59 Å². The first kappa shape index (κ1) is 7.94. The van der Waals surface area contributed by atoms with Gasteiger partial charge in [-0.1, -0.05) is 11.6 Å². The van der Waals surface area contributed by atoms with Gasteiger partial charge in [0.15, 0.2) is 11.5 Å². The van der Waals surface area contributed by atoms with Crippen LogP contribution in [0.15, 0.2) is 10.9 Å². The van der Waals surface area contributed by atoms with E-state index in [1.807, 2.05) is 0 Å². The number of Topliss-reactive ketones (excluding diaryl/α,β-unsaturated/α-hetero) is 1. The molecule has 1 rings (SSSR count). The van der Waals surface area contributed by atoms with E-state index in [1.165, 1.54) is 6.92 Å². The molecule has 0 saturated carbocycles. The molecule has 5 heteroatoms. The van der Waals surface area contributed by atoms with Crippen LogP contribution in [0.2, 0.25) is 5.15 Å². The van der Waals surface area contributed by atoms with E-state index in [0.717, 1.165) is 6.07 Å². The first-order valence-electron chi connectivity index (χ1n) is 2.87. The molecule has 0 aliphatic heterocycles. The Labute approximate surface area is 67.2 Å². The Bertz CT molecular complexity index is 345. The third-order valence-electron chi connectivity index (χ3n) is 1.10. The largest absolute Gasteiger partial charge is 0.293 e. The van der Waals surface area contributed by atoms with Crippen LogP contribution in [0, 0.1) is 0 Å². The summed E-state index contributed by atoms with van der Waals surface area (Å²) >= 11 is 5.39. The summed E-state index contributed by atoms with van der Waals surface area (Å²) in [7, 11) is 0. The molecular weight excluding hydrogens is 168 g/mol. The van der Waals surface area contributed by atoms with E-state index in [0.29, 0.717) is 0 Å². The fourth-order valence-corrected chi connectivity index (χ4v) is 0.774. The molecule has 0 spiro atoms. The zero-order chi connectivity index (χ0) is 8.43. The van der Waals surface area contributed by atoms with Gasteiger partial charge in [0.25, 0.3) is 0 Å². The highest BCUT2D eigenvalue weighted by atomic mass is 35.5. The van der Waals surface area contributed by atoms with Crippen molar-refractivity contribution in [3.05, 3.63) is 27.1 Å². The van der Waals surface area contributed by atoms with Gasteiger partial charge < -0.3 is 0 Å². The number of carbonyl (C=O) groups excluding carboxylic acids is 1. The van der Waals surface area contributed by atoms with E-state index in [2.05, 4.69) is 10.2 Å². The monoisotopic (exact) mass is 172 g/mol. The van der Waals surface area contributed by atoms with Gasteiger partial charge in [0.1, 0.15) is 5.15 Å². The number of H-pyrrole nitrogens is 1. The predicted octanol–water partition coefficient (Wildman–Crippen LogP) is 0.626. The molecule has 0 fully saturated rings. The molecule has 11 heavy (non-hydrogen) atoms. The third kappa shape index (κ3) is 1.65. The van der Waals surface area contributed by atoms with Gasteiger partial charge in [0, 0.05) is 13.0 Å². The Morgan fingerprint density at radius 1 is 1.73 bits per heavy atom. The lowest BCUT2D eigenvalue weighted by atomic mass is 10.3. The number of carbonyl (C=O) groups is 1. The number of aromatic nitrogens is 2. The van der Waals surface area contributed by atoms with Crippen LogP contribution in [0.25, 0.3) is 0 Å². The first-order valence-corrected chi connectivity index (χ1v) is 3.25. The van der Waals surface area contributed by atoms with Crippen LogP contribution in [0.3, 0.4) is 0 Å². The van der Waals surface area contributed by atoms with E-state index < -0.39 is 5.43 Å². The highest BCUT2D eigenvalue weighted by Crippen LogP contribution is 1.96. The lowest BCUT2D eigenvalue weighted by Crippen LogP contribution is -2.15. The van der Waals surface area contributed by atoms with Crippen molar-refractivity contribution in [2.45, 2.75) is 6.92 Å². The summed E-state index contributed by atoms with van der Waals surface area (Å²) in [6.07, 6.45) is 0. The molecule has 0 aliphatic carbocycles. The standard InChI is InChI=1S/C6H5ClN2O2/c1-3(10)6-4(11)2-5(7)8-9-6/h2H,1H3,(H,8,11). The van der Waals surface area contributed by atoms with Crippen molar-refractivity contribution < 1.29 is 4.79 Å². The number of rotatable bonds is 1. The van der Waals surface area contributed by atoms with Gasteiger partial charge in [0.05, 0.1) is 0 Å². The van der Waals surface area contributed by atoms with E-state index in [-0.39, 0.29) is 16.6 Å². The van der Waals surface area contributed by atoms with Crippen molar-refractivity contribution in [3.8, 4) is 0 Å². The number of hydrogen-bond donors (Lipinski definition) is 1. The second-order valence-corrected chi connectivity index (χ2v) is 2.39. The molecule has 0 aliphatic rings. The molecule has 1 heterocycles. The third-order valence-corrected chi connectivity index (χ3v) is 1.29. The van der Waals surface area contributed by atoms with Crippen LogP contribution in [-0.2, 0) is 0 Å². The highest BCUT2D eigenvalue weighted by Gasteiger charge is 2.05. The molecule has 0 aromatic carbocycles. The molecule has 0 saturated heterocycles. The number of nitrogens with zero attached hydrogens (tertiary/aromatic N) is 1. The van der Waals surface area contributed by atoms with Gasteiger partial charge in [-0.25, -0.2) is 0 Å². The summed E-state index contributed by atoms with van der Waals surface area (Å²) in [6.45, 7) is 1.27. The molecule has 0 atom stereocenters. The molecule has 0 radical (unpaired) electrons. The van der Waals surface area contributed by atoms with Gasteiger partial charge in [-0.05, 0) is 0 Å². The van der Waals surface area contributed by atoms with Crippen molar-refractivity contribution >= 4 is 17.4 Å². The average molecular weight is 173 g/mol. The molecule has 58 valence electrons. The van der Waals surface area contributed by atoms with Crippen LogP contribution < -0.4 is 5.43 Å². The quantitative estimate of drug-likeness (QED) is 0.632. The SMILES string of the molecule is CC(=O)c1n[nH]c(Cl)cc1=O. The number of aromatic amines is 1. The number of hydrogen-bond acceptors (Lipinski definition) is 3. The van der Waals surface area contributed by atoms with Gasteiger partial charge >= 0.3 is 0 Å². The summed E-state index contributed by atoms with van der Waals surface area (Å²) in [5.41, 5.74) is -0.573. The van der Waals surface area contributed by atoms with Crippen LogP contribution in [-0.4, -0.2) is 16.0 Å². The fraction of sp³-hybridized carbons (Fsp3) is 0.167. The van der Waals surface area contributed by atoms with Crippen molar-refractivity contribution in [3.63, 3.8) is 0 Å². The summed E-state index contributed by atoms with van der Waals surface area (Å²) in [6, 6.07) is 1.12. The normalized spacial score (nSPS) is 9.64. The molecule has 1 aromatic rings. The van der Waals surface area contributed by atoms with Gasteiger partial charge in [-0.2, -0.15) is 5.10 Å². The molecule has 0 unspecified atom stereocenters. The first-order chi connectivity index (χ1) is 5.11. The number of nitrogens with one attached hydrogen (secondary N) is 1. The molecule has 1 N–H and O–H groups in total. The Hall–Kier alpha value is -1.16. The zero-order valence-electron chi connectivity index (χ0n) is 5.72. The maximum absolute atomic E-state index is 10.9. The Balaban J connectivity index is 3.32. The minimum Gasteiger partial charge on any atom is -0.293 e. The topological polar surface area (TPSA) is 62.8 Å². The van der Waals surface area contributed by atoms with Crippen LogP contribution in [0.4, 0.5) is 0 Å². The smallest absolute Gasteiger partial charge is 0.212 e. The maximum Gasteiger partial charge on any atom is 0.212 e. The molecule has 4 nitrogen and oxygen atoms in total. The van der Waals surface area contributed by atoms with E-state index in [1.54, 1.807) is 0 Å². The second kappa shape index (κ2) is 2.84. The Morgan fingerprint density at radius 3 is 2.82 bits per heavy atom. The molecule has 0 amide bonds. The second-order valence-electron chi connectivity index (χ2n) is 1.98. The molecular formula is C6H5ClN2O2. The van der Waals surface area contributed by atoms with Gasteiger partial charge in [-0.15, -0.1) is 0 Å². The number of halogens is 1. The van der Waals surface area contributed by atoms with Crippen molar-refractivity contribution in [2.24, 2.45) is 0 Å². The van der Waals surface area contributed by atoms with Crippen molar-refractivity contribution in [1.29, 1.82) is 0 Å². The predicted molar refractivity (Wildman–Crippen MR) is 39.9 cm³/mol. The average Bonchev–Trinajstić information content (AvgIpc) is 1.85. The lowest BCUT2D eigenvalue weighted by Gasteiger charge is -1.91. The van der Waals surface area contributed by atoms with Crippen LogP contribution >= 0.6 is 11.6 Å². The van der Waals surface area contributed by atoms with Crippen LogP contribution in [0.5, 0.6) is 0 Å². The summed E-state index contributed by atoms with van der Waals surface area (Å²) in [5.74, 6) is -0.372. The number of ketones is 1. The van der Waals surface area contributed by atoms with Gasteiger partial charge in [0.2, 0.25) is 5.43 Å². The van der Waals surface area contributed by atoms with Crippen molar-refractivity contribution in [2.75, 3.05) is 0 Å². The summed E-state index contributed by atoms with van der Waals surface area (Å²) in [5, 5.41) is 5.90. The fourth-order valence-electron chi connectivity index (χ4n) is 0.632. The zero-order valence-corrected chi connectivity index (χ0v) is 6.47. The molecule has 1 aromatic heterocycles. The van der Waals surface area contributed by atoms with E-state index >= 15 is 0 Å². The lowest BCUT2D eigenvalue weighted by molar-refractivity contribution is 0.101. The summed E-state index contributed by atoms with van der Waals surface area (Å²) < 4.78 is 0. The molecule has 0 bridgehead atoms. The highest BCUT2D eigenvalue weighted by molar-refractivity contribution is 6.29. The van der Waals surface area contributed by atoms with Gasteiger partial charge in [-0.3, -0.25) is 14.7 Å². The summed E-state index contributed by atoms with van der Waals surface area (Å²) in [4.78, 5) is 21.5. The van der Waals surface area contributed by atoms with E-state index in [4.69, 9.17) is 11.6 Å². The Morgan fingerprint density at radius 2 is 2.36 bits per heavy atom. The minimum atomic E-state index is -0.457. The van der Waals surface area contributed by atoms with Crippen molar-refractivity contribution in [1.82, 2.24) is 10.2 Å². The van der Waals surface area contributed by atoms with Crippen LogP contribution in [0.1, 0.15) is 17.4 Å². The maximum atomic E-state index is 10.9. The minimum absolute atomic E-state index is 0.116. The Kier molecular flexibility index (Phi) is 2.05.